The van der Waals surface area contributed by atoms with Crippen molar-refractivity contribution in [3.63, 3.8) is 0 Å². The summed E-state index contributed by atoms with van der Waals surface area (Å²) < 4.78 is 44.4. The second-order valence-electron chi connectivity index (χ2n) is 12.1. The fourth-order valence-electron chi connectivity index (χ4n) is 5.92. The fourth-order valence-corrected chi connectivity index (χ4v) is 5.92. The molecule has 0 bridgehead atoms. The molecule has 4 N–H and O–H groups in total. The normalized spacial score (nSPS) is 13.2. The highest BCUT2D eigenvalue weighted by Crippen LogP contribution is 2.40. The molecule has 1 aromatic heterocycles. The Hall–Kier alpha value is -5.81. The van der Waals surface area contributed by atoms with Crippen LogP contribution in [0, 0.1) is 24.5 Å². The Bertz CT molecular complexity index is 2020. The largest absolute Gasteiger partial charge is 0.478 e. The van der Waals surface area contributed by atoms with Gasteiger partial charge in [0, 0.05) is 32.1 Å². The number of pyridine rings is 1. The Morgan fingerprint density at radius 2 is 1.52 bits per heavy atom. The summed E-state index contributed by atoms with van der Waals surface area (Å²) in [6.45, 7) is 2.80. The number of benzene rings is 4. The van der Waals surface area contributed by atoms with Crippen LogP contribution in [0.3, 0.4) is 0 Å². The molecule has 256 valence electrons. The van der Waals surface area contributed by atoms with E-state index in [0.717, 1.165) is 22.3 Å². The molecule has 2 heterocycles. The number of carboxylic acid groups (broad SMARTS) is 1. The zero-order valence-corrected chi connectivity index (χ0v) is 27.4. The van der Waals surface area contributed by atoms with E-state index in [2.05, 4.69) is 10.3 Å². The second-order valence-corrected chi connectivity index (χ2v) is 12.1. The van der Waals surface area contributed by atoms with Crippen LogP contribution in [0.4, 0.5) is 14.5 Å². The van der Waals surface area contributed by atoms with Crippen LogP contribution in [0.15, 0.2) is 97.1 Å². The van der Waals surface area contributed by atoms with E-state index in [9.17, 15) is 14.7 Å². The molecule has 1 aliphatic rings. The van der Waals surface area contributed by atoms with Gasteiger partial charge in [-0.1, -0.05) is 66.7 Å². The molecule has 11 heteroatoms. The molecule has 0 unspecified atom stereocenters. The standard InChI is InChI=1S/C39H36F2N4O5/c1-24-13-14-31(39(47)48)32(19-24)50-38-34(41)35(45-17-15-27(16-18-45)36(46)43-23-25-7-3-2-4-8-25)33(40)37(44-38)49-30-12-6-11-29(21-30)28-10-5-9-26(20-28)22-42/h2-14,19-21,27H,15-18,22-23,42H2,1H3,(H,43,46)(H,47,48). The van der Waals surface area contributed by atoms with Crippen molar-refractivity contribution in [2.75, 3.05) is 18.0 Å². The Morgan fingerprint density at radius 1 is 0.860 bits per heavy atom. The highest BCUT2D eigenvalue weighted by Gasteiger charge is 2.32. The zero-order valence-electron chi connectivity index (χ0n) is 27.4. The number of aryl methyl sites for hydroxylation is 1. The summed E-state index contributed by atoms with van der Waals surface area (Å²) in [6, 6.07) is 28.4. The molecular formula is C39H36F2N4O5. The average Bonchev–Trinajstić information content (AvgIpc) is 3.13. The van der Waals surface area contributed by atoms with Gasteiger partial charge in [0.05, 0.1) is 0 Å². The molecule has 1 fully saturated rings. The van der Waals surface area contributed by atoms with Crippen LogP contribution in [0.2, 0.25) is 0 Å². The number of carbonyl (C=O) groups is 2. The number of hydrogen-bond acceptors (Lipinski definition) is 7. The third kappa shape index (κ3) is 7.74. The van der Waals surface area contributed by atoms with Crippen LogP contribution >= 0.6 is 0 Å². The van der Waals surface area contributed by atoms with E-state index in [1.807, 2.05) is 60.7 Å². The molecule has 50 heavy (non-hydrogen) atoms. The maximum atomic E-state index is 16.4. The first-order valence-electron chi connectivity index (χ1n) is 16.2. The van der Waals surface area contributed by atoms with Crippen molar-refractivity contribution < 1.29 is 33.0 Å². The van der Waals surface area contributed by atoms with Crippen molar-refractivity contribution in [3.05, 3.63) is 131 Å². The number of halogens is 2. The highest BCUT2D eigenvalue weighted by atomic mass is 19.1. The predicted molar refractivity (Wildman–Crippen MR) is 185 cm³/mol. The molecule has 1 aliphatic heterocycles. The molecule has 4 aromatic carbocycles. The lowest BCUT2D eigenvalue weighted by molar-refractivity contribution is -0.125. The van der Waals surface area contributed by atoms with E-state index in [1.165, 1.54) is 17.0 Å². The van der Waals surface area contributed by atoms with E-state index in [1.54, 1.807) is 31.2 Å². The third-order valence-corrected chi connectivity index (χ3v) is 8.60. The predicted octanol–water partition coefficient (Wildman–Crippen LogP) is 7.61. The van der Waals surface area contributed by atoms with Crippen molar-refractivity contribution in [2.24, 2.45) is 11.7 Å². The highest BCUT2D eigenvalue weighted by molar-refractivity contribution is 5.91. The maximum absolute atomic E-state index is 16.4. The topological polar surface area (TPSA) is 127 Å². The van der Waals surface area contributed by atoms with Crippen molar-refractivity contribution in [3.8, 4) is 34.4 Å². The molecule has 0 aliphatic carbocycles. The first kappa shape index (κ1) is 34.1. The van der Waals surface area contributed by atoms with Gasteiger partial charge in [0.15, 0.2) is 0 Å². The molecular weight excluding hydrogens is 642 g/mol. The minimum absolute atomic E-state index is 0.130. The number of nitrogens with one attached hydrogen (secondary N) is 1. The van der Waals surface area contributed by atoms with E-state index < -0.39 is 35.1 Å². The number of nitrogens with zero attached hydrogens (tertiary/aromatic N) is 2. The monoisotopic (exact) mass is 678 g/mol. The first-order valence-corrected chi connectivity index (χ1v) is 16.2. The number of nitrogens with two attached hydrogens (primary N) is 1. The SMILES string of the molecule is Cc1ccc(C(=O)O)c(Oc2nc(Oc3cccc(-c4cccc(CN)c4)c3)c(F)c(N3CCC(C(=O)NCc4ccccc4)CC3)c2F)c1. The number of piperidine rings is 1. The Balaban J connectivity index is 1.31. The summed E-state index contributed by atoms with van der Waals surface area (Å²) in [6.07, 6.45) is 0.693. The molecule has 0 saturated carbocycles. The van der Waals surface area contributed by atoms with Crippen molar-refractivity contribution in [2.45, 2.75) is 32.9 Å². The van der Waals surface area contributed by atoms with Crippen LogP contribution in [-0.4, -0.2) is 35.1 Å². The quantitative estimate of drug-likeness (QED) is 0.130. The molecule has 6 rings (SSSR count). The van der Waals surface area contributed by atoms with Crippen molar-refractivity contribution >= 4 is 17.6 Å². The Kier molecular flexibility index (Phi) is 10.3. The number of anilines is 1. The van der Waals surface area contributed by atoms with Gasteiger partial charge in [-0.15, -0.1) is 0 Å². The lowest BCUT2D eigenvalue weighted by Gasteiger charge is -2.33. The minimum atomic E-state index is -1.29. The summed E-state index contributed by atoms with van der Waals surface area (Å²) in [4.78, 5) is 30.5. The van der Waals surface area contributed by atoms with Crippen LogP contribution in [0.25, 0.3) is 11.1 Å². The van der Waals surface area contributed by atoms with Gasteiger partial charge in [0.2, 0.25) is 17.5 Å². The van der Waals surface area contributed by atoms with E-state index in [-0.39, 0.29) is 42.0 Å². The molecule has 0 atom stereocenters. The number of rotatable bonds is 11. The number of carbonyl (C=O) groups excluding carboxylic acids is 1. The first-order chi connectivity index (χ1) is 24.2. The molecule has 9 nitrogen and oxygen atoms in total. The summed E-state index contributed by atoms with van der Waals surface area (Å²) in [5.74, 6) is -5.09. The van der Waals surface area contributed by atoms with Gasteiger partial charge in [0.25, 0.3) is 11.8 Å². The van der Waals surface area contributed by atoms with E-state index in [4.69, 9.17) is 15.2 Å². The van der Waals surface area contributed by atoms with Crippen molar-refractivity contribution in [1.29, 1.82) is 0 Å². The number of aromatic carboxylic acids is 1. The van der Waals surface area contributed by atoms with Gasteiger partial charge in [-0.2, -0.15) is 13.8 Å². The summed E-state index contributed by atoms with van der Waals surface area (Å²) >= 11 is 0. The molecule has 0 radical (unpaired) electrons. The lowest BCUT2D eigenvalue weighted by atomic mass is 9.95. The van der Waals surface area contributed by atoms with Crippen LogP contribution in [-0.2, 0) is 17.9 Å². The van der Waals surface area contributed by atoms with E-state index >= 15 is 8.78 Å². The number of carboxylic acids is 1. The average molecular weight is 679 g/mol. The van der Waals surface area contributed by atoms with Crippen LogP contribution in [0.5, 0.6) is 23.3 Å². The lowest BCUT2D eigenvalue weighted by Crippen LogP contribution is -2.41. The molecule has 0 spiro atoms. The van der Waals surface area contributed by atoms with E-state index in [0.29, 0.717) is 31.5 Å². The summed E-state index contributed by atoms with van der Waals surface area (Å²) in [5.41, 5.74) is 9.36. The number of amides is 1. The molecule has 1 amide bonds. The Morgan fingerprint density at radius 3 is 2.22 bits per heavy atom. The summed E-state index contributed by atoms with van der Waals surface area (Å²) in [5, 5.41) is 12.7. The number of hydrogen-bond donors (Lipinski definition) is 3. The van der Waals surface area contributed by atoms with Crippen LogP contribution < -0.4 is 25.4 Å². The molecule has 5 aromatic rings. The summed E-state index contributed by atoms with van der Waals surface area (Å²) in [7, 11) is 0. The minimum Gasteiger partial charge on any atom is -0.478 e. The maximum Gasteiger partial charge on any atom is 0.339 e. The van der Waals surface area contributed by atoms with Gasteiger partial charge in [-0.25, -0.2) is 4.79 Å². The smallest absolute Gasteiger partial charge is 0.339 e. The van der Waals surface area contributed by atoms with Gasteiger partial charge in [-0.3, -0.25) is 4.79 Å². The van der Waals surface area contributed by atoms with Crippen molar-refractivity contribution in [1.82, 2.24) is 10.3 Å². The third-order valence-electron chi connectivity index (χ3n) is 8.60. The van der Waals surface area contributed by atoms with Gasteiger partial charge in [0.1, 0.15) is 22.7 Å². The van der Waals surface area contributed by atoms with Gasteiger partial charge < -0.3 is 30.5 Å². The Labute approximate surface area is 288 Å². The zero-order chi connectivity index (χ0) is 35.2. The molecule has 1 saturated heterocycles. The van der Waals surface area contributed by atoms with Gasteiger partial charge >= 0.3 is 5.97 Å². The number of aromatic nitrogens is 1. The van der Waals surface area contributed by atoms with Crippen LogP contribution in [0.1, 0.15) is 39.9 Å². The van der Waals surface area contributed by atoms with Gasteiger partial charge in [-0.05, 0) is 77.9 Å². The fraction of sp³-hybridized carbons (Fsp3) is 0.205. The second kappa shape index (κ2) is 15.2. The number of ether oxygens (including phenoxy) is 2.